The monoisotopic (exact) mass is 357 g/mol. The van der Waals surface area contributed by atoms with Crippen LogP contribution in [0.5, 0.6) is 0 Å². The highest BCUT2D eigenvalue weighted by Crippen LogP contribution is 2.25. The maximum absolute atomic E-state index is 11.5. The largest absolute Gasteiger partial charge is 0.381 e. The Labute approximate surface area is 154 Å². The Morgan fingerprint density at radius 3 is 2.12 bits per heavy atom. The van der Waals surface area contributed by atoms with Crippen LogP contribution in [0.1, 0.15) is 61.3 Å². The van der Waals surface area contributed by atoms with Crippen LogP contribution >= 0.6 is 0 Å². The first kappa shape index (κ1) is 22.4. The van der Waals surface area contributed by atoms with E-state index in [1.54, 1.807) is 0 Å². The third-order valence-corrected chi connectivity index (χ3v) is 5.61. The normalized spacial score (nSPS) is 21.3. The Hall–Kier alpha value is -0.650. The van der Waals surface area contributed by atoms with Crippen molar-refractivity contribution in [3.8, 4) is 0 Å². The molecule has 2 saturated heterocycles. The lowest BCUT2D eigenvalue weighted by molar-refractivity contribution is -0.151. The summed E-state index contributed by atoms with van der Waals surface area (Å²) >= 11 is 0. The van der Waals surface area contributed by atoms with E-state index in [2.05, 4.69) is 48.5 Å². The molecule has 1 unspecified atom stereocenters. The average Bonchev–Trinajstić information content (AvgIpc) is 2.56. The van der Waals surface area contributed by atoms with Crippen LogP contribution in [0.15, 0.2) is 0 Å². The van der Waals surface area contributed by atoms with Gasteiger partial charge in [0.05, 0.1) is 18.8 Å². The van der Waals surface area contributed by atoms with Gasteiger partial charge < -0.3 is 19.1 Å². The Morgan fingerprint density at radius 1 is 1.04 bits per heavy atom. The molecule has 0 radical (unpaired) electrons. The first-order chi connectivity index (χ1) is 11.7. The summed E-state index contributed by atoms with van der Waals surface area (Å²) in [5.74, 6) is 1.20. The summed E-state index contributed by atoms with van der Waals surface area (Å²) < 4.78 is 16.2. The summed E-state index contributed by atoms with van der Waals surface area (Å²) in [6.07, 6.45) is 2.96. The molecule has 0 aromatic heterocycles. The van der Waals surface area contributed by atoms with Crippen molar-refractivity contribution in [2.24, 2.45) is 11.8 Å². The van der Waals surface area contributed by atoms with E-state index in [1.165, 1.54) is 0 Å². The second kappa shape index (κ2) is 10.5. The van der Waals surface area contributed by atoms with Crippen molar-refractivity contribution in [3.63, 3.8) is 0 Å². The van der Waals surface area contributed by atoms with Crippen LogP contribution in [0, 0.1) is 11.8 Å². The molecular formula is C20H39NO4. The molecule has 2 rings (SSSR count). The Morgan fingerprint density at radius 2 is 1.64 bits per heavy atom. The predicted octanol–water partition coefficient (Wildman–Crippen LogP) is 3.51. The molecule has 2 aliphatic heterocycles. The highest BCUT2D eigenvalue weighted by Gasteiger charge is 2.35. The van der Waals surface area contributed by atoms with Gasteiger partial charge in [-0.05, 0) is 45.4 Å². The molecule has 5 nitrogen and oxygen atoms in total. The molecule has 0 saturated carbocycles. The highest BCUT2D eigenvalue weighted by molar-refractivity contribution is 5.78. The second-order valence-electron chi connectivity index (χ2n) is 8.30. The summed E-state index contributed by atoms with van der Waals surface area (Å²) in [5.41, 5.74) is -0.0547. The minimum absolute atomic E-state index is 0.0547. The van der Waals surface area contributed by atoms with Gasteiger partial charge in [0, 0.05) is 25.3 Å². The van der Waals surface area contributed by atoms with E-state index >= 15 is 0 Å². The number of hydrogen-bond acceptors (Lipinski definition) is 4. The number of nitrogens with zero attached hydrogens (tertiary/aromatic N) is 1. The molecule has 0 N–H and O–H groups in total. The van der Waals surface area contributed by atoms with E-state index in [0.29, 0.717) is 30.7 Å². The maximum Gasteiger partial charge on any atom is 0.249 e. The van der Waals surface area contributed by atoms with Crippen molar-refractivity contribution in [2.75, 3.05) is 33.0 Å². The minimum atomic E-state index is -0.0547. The summed E-state index contributed by atoms with van der Waals surface area (Å²) in [6, 6.07) is 0. The van der Waals surface area contributed by atoms with Crippen molar-refractivity contribution in [1.82, 2.24) is 4.90 Å². The molecule has 2 aliphatic rings. The zero-order chi connectivity index (χ0) is 19.0. The number of carbonyl (C=O) groups is 1. The Balaban J connectivity index is 0.000000251. The van der Waals surface area contributed by atoms with Gasteiger partial charge in [-0.15, -0.1) is 0 Å². The first-order valence-corrected chi connectivity index (χ1v) is 9.77. The summed E-state index contributed by atoms with van der Waals surface area (Å²) in [7, 11) is 0. The smallest absolute Gasteiger partial charge is 0.249 e. The molecule has 0 aromatic rings. The molecule has 1 atom stereocenters. The van der Waals surface area contributed by atoms with E-state index < -0.39 is 0 Å². The van der Waals surface area contributed by atoms with Crippen molar-refractivity contribution < 1.29 is 19.0 Å². The van der Waals surface area contributed by atoms with Gasteiger partial charge in [0.1, 0.15) is 6.61 Å². The van der Waals surface area contributed by atoms with Crippen molar-refractivity contribution in [1.29, 1.82) is 0 Å². The van der Waals surface area contributed by atoms with Crippen molar-refractivity contribution in [2.45, 2.75) is 79.1 Å². The fraction of sp³-hybridized carbons (Fsp3) is 0.950. The van der Waals surface area contributed by atoms with E-state index in [-0.39, 0.29) is 18.1 Å². The van der Waals surface area contributed by atoms with E-state index in [0.717, 1.165) is 32.6 Å². The highest BCUT2D eigenvalue weighted by atomic mass is 16.5. The van der Waals surface area contributed by atoms with Gasteiger partial charge >= 0.3 is 0 Å². The van der Waals surface area contributed by atoms with E-state index in [9.17, 15) is 4.79 Å². The third-order valence-electron chi connectivity index (χ3n) is 5.61. The van der Waals surface area contributed by atoms with Crippen LogP contribution in [0.4, 0.5) is 0 Å². The molecule has 0 bridgehead atoms. The summed E-state index contributed by atoms with van der Waals surface area (Å²) in [4.78, 5) is 13.5. The average molecular weight is 358 g/mol. The number of hydrogen-bond donors (Lipinski definition) is 0. The van der Waals surface area contributed by atoms with Crippen molar-refractivity contribution >= 4 is 5.91 Å². The van der Waals surface area contributed by atoms with E-state index in [4.69, 9.17) is 14.2 Å². The molecule has 0 spiro atoms. The molecular weight excluding hydrogens is 318 g/mol. The van der Waals surface area contributed by atoms with Crippen molar-refractivity contribution in [3.05, 3.63) is 0 Å². The number of rotatable bonds is 5. The Bertz CT molecular complexity index is 389. The lowest BCUT2D eigenvalue weighted by Crippen LogP contribution is -2.55. The van der Waals surface area contributed by atoms with Crippen LogP contribution < -0.4 is 0 Å². The third kappa shape index (κ3) is 7.24. The van der Waals surface area contributed by atoms with Gasteiger partial charge in [-0.3, -0.25) is 4.79 Å². The number of morpholine rings is 1. The lowest BCUT2D eigenvalue weighted by atomic mass is 9.88. The molecule has 0 aliphatic carbocycles. The topological polar surface area (TPSA) is 48.0 Å². The predicted molar refractivity (Wildman–Crippen MR) is 101 cm³/mol. The molecule has 2 heterocycles. The number of carbonyl (C=O) groups excluding carboxylic acids is 1. The van der Waals surface area contributed by atoms with Crippen LogP contribution in [-0.2, 0) is 19.0 Å². The number of ether oxygens (including phenoxy) is 3. The molecule has 0 aromatic carbocycles. The molecule has 25 heavy (non-hydrogen) atoms. The quantitative estimate of drug-likeness (QED) is 0.755. The summed E-state index contributed by atoms with van der Waals surface area (Å²) in [6.45, 7) is 18.4. The first-order valence-electron chi connectivity index (χ1n) is 9.77. The SMILES string of the molecule is CC(C)C(C)(C)N1CCOCC1=O.CC(C)C(C)OC1CCOCC1. The van der Waals surface area contributed by atoms with E-state index in [1.807, 2.05) is 4.90 Å². The standard InChI is InChI=1S/C10H19NO2.C10H20O2/c1-8(2)10(3,4)11-5-6-13-7-9(11)12;1-8(2)9(3)12-10-4-6-11-7-5-10/h8H,5-7H2,1-4H3;8-10H,4-7H2,1-3H3. The van der Waals surface area contributed by atoms with Gasteiger partial charge in [0.25, 0.3) is 0 Å². The molecule has 1 amide bonds. The minimum Gasteiger partial charge on any atom is -0.381 e. The van der Waals surface area contributed by atoms with Gasteiger partial charge in [-0.2, -0.15) is 0 Å². The van der Waals surface area contributed by atoms with Crippen LogP contribution in [-0.4, -0.2) is 61.5 Å². The van der Waals surface area contributed by atoms with Gasteiger partial charge in [0.2, 0.25) is 5.91 Å². The van der Waals surface area contributed by atoms with Crippen LogP contribution in [0.2, 0.25) is 0 Å². The summed E-state index contributed by atoms with van der Waals surface area (Å²) in [5, 5.41) is 0. The fourth-order valence-electron chi connectivity index (χ4n) is 2.71. The number of amides is 1. The van der Waals surface area contributed by atoms with Gasteiger partial charge in [0.15, 0.2) is 0 Å². The zero-order valence-corrected chi connectivity index (χ0v) is 17.3. The molecule has 148 valence electrons. The van der Waals surface area contributed by atoms with Gasteiger partial charge in [-0.1, -0.05) is 27.7 Å². The van der Waals surface area contributed by atoms with Crippen LogP contribution in [0.25, 0.3) is 0 Å². The molecule has 5 heteroatoms. The van der Waals surface area contributed by atoms with Crippen LogP contribution in [0.3, 0.4) is 0 Å². The Kier molecular flexibility index (Phi) is 9.39. The zero-order valence-electron chi connectivity index (χ0n) is 17.3. The second-order valence-corrected chi connectivity index (χ2v) is 8.30. The fourth-order valence-corrected chi connectivity index (χ4v) is 2.71. The maximum atomic E-state index is 11.5. The lowest BCUT2D eigenvalue weighted by Gasteiger charge is -2.43. The molecule has 2 fully saturated rings. The van der Waals surface area contributed by atoms with Gasteiger partial charge in [-0.25, -0.2) is 0 Å².